The van der Waals surface area contributed by atoms with Crippen molar-refractivity contribution in [3.05, 3.63) is 39.8 Å². The van der Waals surface area contributed by atoms with Crippen LogP contribution < -0.4 is 10.9 Å². The molecule has 2 aromatic heterocycles. The summed E-state index contributed by atoms with van der Waals surface area (Å²) in [4.78, 5) is 29.7. The van der Waals surface area contributed by atoms with Crippen molar-refractivity contribution in [1.29, 1.82) is 5.26 Å². The van der Waals surface area contributed by atoms with Gasteiger partial charge in [-0.1, -0.05) is 0 Å². The van der Waals surface area contributed by atoms with E-state index in [1.807, 2.05) is 0 Å². The second-order valence-corrected chi connectivity index (χ2v) is 7.63. The molecular weight excluding hydrogens is 364 g/mol. The summed E-state index contributed by atoms with van der Waals surface area (Å²) in [6, 6.07) is 5.01. The second kappa shape index (κ2) is 6.58. The maximum Gasteiger partial charge on any atom is 0.405 e. The number of ether oxygens (including phenoxy) is 1. The fourth-order valence-corrected chi connectivity index (χ4v) is 4.38. The summed E-state index contributed by atoms with van der Waals surface area (Å²) in [5, 5.41) is 32.1. The van der Waals surface area contributed by atoms with Gasteiger partial charge in [0.1, 0.15) is 6.07 Å². The van der Waals surface area contributed by atoms with Crippen LogP contribution in [0.15, 0.2) is 23.1 Å². The Labute approximate surface area is 160 Å². The molecule has 1 amide bonds. The molecule has 2 bridgehead atoms. The number of pyridine rings is 2. The fraction of sp³-hybridized carbons (Fsp3) is 0.474. The Morgan fingerprint density at radius 2 is 2.14 bits per heavy atom. The average molecular weight is 384 g/mol. The Kier molecular flexibility index (Phi) is 4.33. The zero-order chi connectivity index (χ0) is 19.9. The van der Waals surface area contributed by atoms with Crippen molar-refractivity contribution in [2.45, 2.75) is 49.3 Å². The molecule has 4 heterocycles. The molecule has 1 saturated carbocycles. The lowest BCUT2D eigenvalue weighted by atomic mass is 9.68. The van der Waals surface area contributed by atoms with Crippen LogP contribution in [0.5, 0.6) is 0 Å². The molecule has 3 aliphatic rings. The number of amides is 1. The number of fused-ring (bicyclic) bond motifs is 4. The maximum atomic E-state index is 11.8. The number of hydrogen-bond acceptors (Lipinski definition) is 6. The monoisotopic (exact) mass is 384 g/mol. The number of aromatic nitrogens is 2. The third-order valence-electron chi connectivity index (χ3n) is 6.04. The van der Waals surface area contributed by atoms with Crippen LogP contribution in [0, 0.1) is 11.3 Å². The first-order valence-corrected chi connectivity index (χ1v) is 9.11. The molecule has 3 fully saturated rings. The Hall–Kier alpha value is -2.96. The van der Waals surface area contributed by atoms with Gasteiger partial charge in [-0.25, -0.2) is 4.79 Å². The van der Waals surface area contributed by atoms with Crippen molar-refractivity contribution >= 4 is 17.1 Å². The summed E-state index contributed by atoms with van der Waals surface area (Å²) in [6.45, 7) is 0.204. The molecule has 1 aliphatic carbocycles. The lowest BCUT2D eigenvalue weighted by Crippen LogP contribution is -2.65. The summed E-state index contributed by atoms with van der Waals surface area (Å²) < 4.78 is 5.97. The van der Waals surface area contributed by atoms with Gasteiger partial charge < -0.3 is 25.3 Å². The number of H-pyrrole nitrogens is 1. The lowest BCUT2D eigenvalue weighted by molar-refractivity contribution is -0.206. The Morgan fingerprint density at radius 1 is 1.39 bits per heavy atom. The highest BCUT2D eigenvalue weighted by Crippen LogP contribution is 2.46. The van der Waals surface area contributed by atoms with Crippen molar-refractivity contribution in [3.8, 4) is 6.07 Å². The summed E-state index contributed by atoms with van der Waals surface area (Å²) in [6.07, 6.45) is 1.75. The van der Waals surface area contributed by atoms with Crippen LogP contribution in [0.25, 0.3) is 11.0 Å². The van der Waals surface area contributed by atoms with Crippen LogP contribution in [0.1, 0.15) is 36.8 Å². The van der Waals surface area contributed by atoms with E-state index in [0.29, 0.717) is 47.8 Å². The molecule has 1 atom stereocenters. The van der Waals surface area contributed by atoms with Gasteiger partial charge in [0, 0.05) is 18.7 Å². The van der Waals surface area contributed by atoms with Crippen molar-refractivity contribution < 1.29 is 19.7 Å². The quantitative estimate of drug-likeness (QED) is 0.615. The molecular formula is C19H20N4O5. The van der Waals surface area contributed by atoms with Crippen molar-refractivity contribution in [2.75, 3.05) is 6.61 Å². The Balaban J connectivity index is 1.63. The van der Waals surface area contributed by atoms with Gasteiger partial charge in [-0.05, 0) is 37.3 Å². The van der Waals surface area contributed by atoms with E-state index >= 15 is 0 Å². The van der Waals surface area contributed by atoms with Crippen LogP contribution in [0.2, 0.25) is 0 Å². The minimum absolute atomic E-state index is 0.126. The number of rotatable bonds is 4. The SMILES string of the molecule is N#Cc1cnc2ccc(=O)[nH]c2c1CC(O)C12CCC(NC(=O)O)(CC1)CO2. The van der Waals surface area contributed by atoms with Gasteiger partial charge >= 0.3 is 6.09 Å². The molecule has 5 rings (SSSR count). The van der Waals surface area contributed by atoms with Crippen LogP contribution in [0.4, 0.5) is 4.79 Å². The van der Waals surface area contributed by atoms with Crippen LogP contribution >= 0.6 is 0 Å². The van der Waals surface area contributed by atoms with Crippen LogP contribution in [-0.2, 0) is 11.2 Å². The number of nitrogens with zero attached hydrogens (tertiary/aromatic N) is 2. The molecule has 0 aromatic carbocycles. The minimum atomic E-state index is -1.08. The van der Waals surface area contributed by atoms with E-state index in [0.717, 1.165) is 0 Å². The number of nitriles is 1. The third-order valence-corrected chi connectivity index (χ3v) is 6.04. The maximum absolute atomic E-state index is 11.8. The number of nitrogens with one attached hydrogen (secondary N) is 2. The number of carboxylic acid groups (broad SMARTS) is 1. The lowest BCUT2D eigenvalue weighted by Gasteiger charge is -2.54. The molecule has 0 spiro atoms. The van der Waals surface area contributed by atoms with Gasteiger partial charge in [0.05, 0.1) is 40.4 Å². The van der Waals surface area contributed by atoms with E-state index in [9.17, 15) is 20.0 Å². The standard InChI is InChI=1S/C19H20N4O5/c20-8-11-9-21-13-1-2-15(25)22-16(13)12(11)7-14(24)19-5-3-18(4-6-19,10-28-19)23-17(26)27/h1-2,9,14,23-24H,3-7,10H2,(H,22,25)(H,26,27). The highest BCUT2D eigenvalue weighted by molar-refractivity contribution is 5.79. The van der Waals surface area contributed by atoms with Crippen LogP contribution in [-0.4, -0.2) is 50.1 Å². The fourth-order valence-electron chi connectivity index (χ4n) is 4.38. The summed E-state index contributed by atoms with van der Waals surface area (Å²) in [5.74, 6) is 0. The molecule has 2 aromatic rings. The average Bonchev–Trinajstić information content (AvgIpc) is 2.69. The predicted octanol–water partition coefficient (Wildman–Crippen LogP) is 1.05. The highest BCUT2D eigenvalue weighted by Gasteiger charge is 2.53. The van der Waals surface area contributed by atoms with Crippen molar-refractivity contribution in [1.82, 2.24) is 15.3 Å². The van der Waals surface area contributed by atoms with Gasteiger partial charge in [-0.15, -0.1) is 0 Å². The third kappa shape index (κ3) is 3.00. The second-order valence-electron chi connectivity index (χ2n) is 7.63. The molecule has 28 heavy (non-hydrogen) atoms. The van der Waals surface area contributed by atoms with Crippen molar-refractivity contribution in [2.24, 2.45) is 0 Å². The predicted molar refractivity (Wildman–Crippen MR) is 97.8 cm³/mol. The van der Waals surface area contributed by atoms with E-state index in [-0.39, 0.29) is 18.6 Å². The van der Waals surface area contributed by atoms with Crippen LogP contribution in [0.3, 0.4) is 0 Å². The Bertz CT molecular complexity index is 1020. The first-order valence-electron chi connectivity index (χ1n) is 9.11. The van der Waals surface area contributed by atoms with Gasteiger partial charge in [-0.3, -0.25) is 9.78 Å². The molecule has 2 saturated heterocycles. The first-order chi connectivity index (χ1) is 13.4. The summed E-state index contributed by atoms with van der Waals surface area (Å²) >= 11 is 0. The first kappa shape index (κ1) is 18.4. The molecule has 146 valence electrons. The smallest absolute Gasteiger partial charge is 0.405 e. The van der Waals surface area contributed by atoms with E-state index < -0.39 is 23.3 Å². The summed E-state index contributed by atoms with van der Waals surface area (Å²) in [5.41, 5.74) is 0.0973. The number of carbonyl (C=O) groups is 1. The number of aromatic amines is 1. The van der Waals surface area contributed by atoms with Gasteiger partial charge in [0.15, 0.2) is 0 Å². The molecule has 0 radical (unpaired) electrons. The highest BCUT2D eigenvalue weighted by atomic mass is 16.5. The zero-order valence-electron chi connectivity index (χ0n) is 15.1. The van der Waals surface area contributed by atoms with E-state index in [2.05, 4.69) is 21.4 Å². The van der Waals surface area contributed by atoms with E-state index in [1.165, 1.54) is 12.3 Å². The van der Waals surface area contributed by atoms with Gasteiger partial charge in [0.25, 0.3) is 0 Å². The normalized spacial score (nSPS) is 27.3. The number of aliphatic hydroxyl groups is 1. The molecule has 9 heteroatoms. The molecule has 9 nitrogen and oxygen atoms in total. The molecule has 4 N–H and O–H groups in total. The summed E-state index contributed by atoms with van der Waals surface area (Å²) in [7, 11) is 0. The van der Waals surface area contributed by atoms with E-state index in [1.54, 1.807) is 6.07 Å². The van der Waals surface area contributed by atoms with E-state index in [4.69, 9.17) is 9.84 Å². The molecule has 1 unspecified atom stereocenters. The zero-order valence-corrected chi connectivity index (χ0v) is 15.1. The van der Waals surface area contributed by atoms with Gasteiger partial charge in [0.2, 0.25) is 5.56 Å². The number of hydrogen-bond donors (Lipinski definition) is 4. The number of aliphatic hydroxyl groups excluding tert-OH is 1. The minimum Gasteiger partial charge on any atom is -0.465 e. The largest absolute Gasteiger partial charge is 0.465 e. The topological polar surface area (TPSA) is 148 Å². The molecule has 2 aliphatic heterocycles. The van der Waals surface area contributed by atoms with Crippen molar-refractivity contribution in [3.63, 3.8) is 0 Å². The van der Waals surface area contributed by atoms with Gasteiger partial charge in [-0.2, -0.15) is 5.26 Å². The Morgan fingerprint density at radius 3 is 2.75 bits per heavy atom.